The van der Waals surface area contributed by atoms with Gasteiger partial charge in [-0.2, -0.15) is 0 Å². The van der Waals surface area contributed by atoms with E-state index in [0.717, 1.165) is 25.7 Å². The maximum absolute atomic E-state index is 12.2. The molecule has 0 aliphatic heterocycles. The molecule has 6 heteroatoms. The highest BCUT2D eigenvalue weighted by molar-refractivity contribution is 9.10. The number of halogens is 1. The van der Waals surface area contributed by atoms with Gasteiger partial charge in [0.25, 0.3) is 5.91 Å². The monoisotopic (exact) mass is 340 g/mol. The molecule has 2 atom stereocenters. The van der Waals surface area contributed by atoms with Crippen molar-refractivity contribution in [3.05, 3.63) is 28.5 Å². The van der Waals surface area contributed by atoms with Gasteiger partial charge in [0.15, 0.2) is 0 Å². The molecule has 20 heavy (non-hydrogen) atoms. The number of nitrogens with zero attached hydrogens (tertiary/aromatic N) is 1. The fourth-order valence-electron chi connectivity index (χ4n) is 2.57. The number of carboxylic acids is 1. The van der Waals surface area contributed by atoms with Gasteiger partial charge in [0.05, 0.1) is 5.92 Å². The number of carbonyl (C=O) groups is 2. The Balaban J connectivity index is 2.09. The molecule has 0 spiro atoms. The number of hydrogen-bond donors (Lipinski definition) is 2. The average molecular weight is 341 g/mol. The third-order valence-corrected chi connectivity index (χ3v) is 4.07. The van der Waals surface area contributed by atoms with Crippen molar-refractivity contribution < 1.29 is 14.7 Å². The molecule has 0 saturated heterocycles. The summed E-state index contributed by atoms with van der Waals surface area (Å²) in [5.41, 5.74) is 0.486. The Morgan fingerprint density at radius 3 is 2.75 bits per heavy atom. The summed E-state index contributed by atoms with van der Waals surface area (Å²) in [5.74, 6) is -1.56. The summed E-state index contributed by atoms with van der Waals surface area (Å²) < 4.78 is 0.584. The van der Waals surface area contributed by atoms with Crippen molar-refractivity contribution in [2.75, 3.05) is 0 Å². The van der Waals surface area contributed by atoms with Crippen molar-refractivity contribution in [1.29, 1.82) is 0 Å². The number of aliphatic carboxylic acids is 1. The fraction of sp³-hybridized carbons (Fsp3) is 0.500. The molecule has 1 aliphatic carbocycles. The summed E-state index contributed by atoms with van der Waals surface area (Å²) in [6, 6.07) is 2.95. The molecule has 108 valence electrons. The normalized spacial score (nSPS) is 22.9. The average Bonchev–Trinajstić information content (AvgIpc) is 2.64. The highest BCUT2D eigenvalue weighted by Gasteiger charge is 2.30. The molecule has 5 nitrogen and oxygen atoms in total. The lowest BCUT2D eigenvalue weighted by Gasteiger charge is -2.22. The topological polar surface area (TPSA) is 79.3 Å². The van der Waals surface area contributed by atoms with Crippen LogP contribution in [-0.2, 0) is 4.79 Å². The summed E-state index contributed by atoms with van der Waals surface area (Å²) in [5, 5.41) is 12.2. The van der Waals surface area contributed by atoms with E-state index in [2.05, 4.69) is 26.2 Å². The zero-order valence-corrected chi connectivity index (χ0v) is 12.6. The van der Waals surface area contributed by atoms with Crippen molar-refractivity contribution in [3.63, 3.8) is 0 Å². The highest BCUT2D eigenvalue weighted by Crippen LogP contribution is 2.24. The molecule has 2 unspecified atom stereocenters. The first kappa shape index (κ1) is 15.0. The van der Waals surface area contributed by atoms with Gasteiger partial charge in [-0.1, -0.05) is 19.3 Å². The molecular weight excluding hydrogens is 324 g/mol. The Morgan fingerprint density at radius 1 is 1.30 bits per heavy atom. The minimum Gasteiger partial charge on any atom is -0.481 e. The summed E-state index contributed by atoms with van der Waals surface area (Å²) in [7, 11) is 0. The SMILES string of the molecule is O=C(NC1CCCCCC1C(=O)O)c1ccnc(Br)c1. The van der Waals surface area contributed by atoms with Gasteiger partial charge in [-0.3, -0.25) is 9.59 Å². The summed E-state index contributed by atoms with van der Waals surface area (Å²) in [4.78, 5) is 27.5. The predicted octanol–water partition coefficient (Wildman–Crippen LogP) is 2.61. The zero-order valence-electron chi connectivity index (χ0n) is 11.0. The van der Waals surface area contributed by atoms with Crippen LogP contribution in [0.25, 0.3) is 0 Å². The lowest BCUT2D eigenvalue weighted by Crippen LogP contribution is -2.42. The van der Waals surface area contributed by atoms with E-state index in [9.17, 15) is 14.7 Å². The minimum atomic E-state index is -0.826. The van der Waals surface area contributed by atoms with E-state index in [0.29, 0.717) is 16.6 Å². The molecule has 0 radical (unpaired) electrons. The Labute approximate surface area is 125 Å². The van der Waals surface area contributed by atoms with E-state index in [-0.39, 0.29) is 11.9 Å². The van der Waals surface area contributed by atoms with Crippen LogP contribution in [0.2, 0.25) is 0 Å². The lowest BCUT2D eigenvalue weighted by atomic mass is 9.94. The first-order valence-corrected chi connectivity index (χ1v) is 7.52. The van der Waals surface area contributed by atoms with E-state index < -0.39 is 11.9 Å². The second-order valence-electron chi connectivity index (χ2n) is 5.03. The fourth-order valence-corrected chi connectivity index (χ4v) is 2.94. The number of aromatic nitrogens is 1. The third-order valence-electron chi connectivity index (χ3n) is 3.64. The number of carboxylic acid groups (broad SMARTS) is 1. The predicted molar refractivity (Wildman–Crippen MR) is 77.4 cm³/mol. The number of carbonyl (C=O) groups excluding carboxylic acids is 1. The molecule has 1 aromatic heterocycles. The van der Waals surface area contributed by atoms with Gasteiger partial charge in [-0.25, -0.2) is 4.98 Å². The van der Waals surface area contributed by atoms with E-state index >= 15 is 0 Å². The van der Waals surface area contributed by atoms with Crippen LogP contribution >= 0.6 is 15.9 Å². The highest BCUT2D eigenvalue weighted by atomic mass is 79.9. The van der Waals surface area contributed by atoms with Gasteiger partial charge in [0.1, 0.15) is 4.60 Å². The second kappa shape index (κ2) is 6.83. The standard InChI is InChI=1S/C14H17BrN2O3/c15-12-8-9(6-7-16-12)13(18)17-11-5-3-1-2-4-10(11)14(19)20/h6-8,10-11H,1-5H2,(H,17,18)(H,19,20). The molecule has 1 aliphatic rings. The van der Waals surface area contributed by atoms with Crippen LogP contribution in [0.5, 0.6) is 0 Å². The summed E-state index contributed by atoms with van der Waals surface area (Å²) in [6.07, 6.45) is 5.77. The van der Waals surface area contributed by atoms with Crippen LogP contribution < -0.4 is 5.32 Å². The molecule has 0 aromatic carbocycles. The first-order chi connectivity index (χ1) is 9.58. The van der Waals surface area contributed by atoms with Gasteiger partial charge in [-0.05, 0) is 40.9 Å². The zero-order chi connectivity index (χ0) is 14.5. The number of hydrogen-bond acceptors (Lipinski definition) is 3. The Bertz CT molecular complexity index is 507. The molecule has 1 aromatic rings. The minimum absolute atomic E-state index is 0.244. The lowest BCUT2D eigenvalue weighted by molar-refractivity contribution is -0.142. The van der Waals surface area contributed by atoms with Gasteiger partial charge in [-0.15, -0.1) is 0 Å². The van der Waals surface area contributed by atoms with Crippen molar-refractivity contribution in [1.82, 2.24) is 10.3 Å². The first-order valence-electron chi connectivity index (χ1n) is 6.73. The largest absolute Gasteiger partial charge is 0.481 e. The molecule has 2 N–H and O–H groups in total. The van der Waals surface area contributed by atoms with Crippen LogP contribution in [0.15, 0.2) is 22.9 Å². The van der Waals surface area contributed by atoms with Crippen molar-refractivity contribution in [2.45, 2.75) is 38.1 Å². The van der Waals surface area contributed by atoms with Crippen LogP contribution in [0.3, 0.4) is 0 Å². The molecule has 1 saturated carbocycles. The van der Waals surface area contributed by atoms with Gasteiger partial charge < -0.3 is 10.4 Å². The van der Waals surface area contributed by atoms with Gasteiger partial charge in [0.2, 0.25) is 0 Å². The van der Waals surface area contributed by atoms with Crippen LogP contribution in [-0.4, -0.2) is 28.0 Å². The second-order valence-corrected chi connectivity index (χ2v) is 5.84. The third kappa shape index (κ3) is 3.79. The Kier molecular flexibility index (Phi) is 5.11. The van der Waals surface area contributed by atoms with Crippen LogP contribution in [0.1, 0.15) is 42.5 Å². The number of rotatable bonds is 3. The quantitative estimate of drug-likeness (QED) is 0.654. The van der Waals surface area contributed by atoms with Crippen LogP contribution in [0, 0.1) is 5.92 Å². The van der Waals surface area contributed by atoms with Crippen molar-refractivity contribution in [3.8, 4) is 0 Å². The van der Waals surface area contributed by atoms with Gasteiger partial charge >= 0.3 is 5.97 Å². The van der Waals surface area contributed by atoms with E-state index in [1.165, 1.54) is 0 Å². The molecular formula is C14H17BrN2O3. The molecule has 2 rings (SSSR count). The van der Waals surface area contributed by atoms with Crippen LogP contribution in [0.4, 0.5) is 0 Å². The van der Waals surface area contributed by atoms with Gasteiger partial charge in [0, 0.05) is 17.8 Å². The molecule has 0 bridgehead atoms. The van der Waals surface area contributed by atoms with Crippen molar-refractivity contribution >= 4 is 27.8 Å². The smallest absolute Gasteiger partial charge is 0.308 e. The van der Waals surface area contributed by atoms with E-state index in [1.54, 1.807) is 18.3 Å². The Morgan fingerprint density at radius 2 is 2.05 bits per heavy atom. The molecule has 1 amide bonds. The number of pyridine rings is 1. The van der Waals surface area contributed by atoms with Crippen molar-refractivity contribution in [2.24, 2.45) is 5.92 Å². The summed E-state index contributed by atoms with van der Waals surface area (Å²) >= 11 is 3.22. The number of nitrogens with one attached hydrogen (secondary N) is 1. The van der Waals surface area contributed by atoms with E-state index in [1.807, 2.05) is 0 Å². The van der Waals surface area contributed by atoms with E-state index in [4.69, 9.17) is 0 Å². The number of amides is 1. The maximum atomic E-state index is 12.2. The maximum Gasteiger partial charge on any atom is 0.308 e. The Hall–Kier alpha value is -1.43. The molecule has 1 heterocycles. The molecule has 1 fully saturated rings. The summed E-state index contributed by atoms with van der Waals surface area (Å²) in [6.45, 7) is 0.